The van der Waals surface area contributed by atoms with Crippen LogP contribution < -0.4 is 5.32 Å². The summed E-state index contributed by atoms with van der Waals surface area (Å²) in [6, 6.07) is 2.96. The van der Waals surface area contributed by atoms with Crippen molar-refractivity contribution in [3.05, 3.63) is 33.0 Å². The zero-order valence-electron chi connectivity index (χ0n) is 11.3. The second kappa shape index (κ2) is 5.58. The van der Waals surface area contributed by atoms with Crippen molar-refractivity contribution in [3.8, 4) is 0 Å². The van der Waals surface area contributed by atoms with Crippen molar-refractivity contribution in [1.29, 1.82) is 0 Å². The minimum absolute atomic E-state index is 0.485. The molecule has 1 N–H and O–H groups in total. The van der Waals surface area contributed by atoms with E-state index in [1.807, 2.05) is 0 Å². The molecule has 18 heavy (non-hydrogen) atoms. The van der Waals surface area contributed by atoms with Crippen molar-refractivity contribution >= 4 is 11.3 Å². The summed E-state index contributed by atoms with van der Waals surface area (Å²) in [7, 11) is 2.11. The Balaban J connectivity index is 1.84. The molecule has 2 aliphatic rings. The molecule has 1 nitrogen and oxygen atoms in total. The SMILES string of the molecule is CNC(C1=CCCCCC1)c1cc2c(s1)CCC2. The number of nitrogens with one attached hydrogen (secondary N) is 1. The lowest BCUT2D eigenvalue weighted by Crippen LogP contribution is -2.17. The first-order valence-corrected chi connectivity index (χ1v) is 8.18. The summed E-state index contributed by atoms with van der Waals surface area (Å²) in [6.45, 7) is 0. The van der Waals surface area contributed by atoms with Gasteiger partial charge in [-0.2, -0.15) is 0 Å². The molecule has 1 aromatic rings. The molecular weight excluding hydrogens is 238 g/mol. The van der Waals surface area contributed by atoms with Crippen LogP contribution in [0.15, 0.2) is 17.7 Å². The standard InChI is InChI=1S/C16H23NS/c1-17-16(12-7-4-2-3-5-8-12)15-11-13-9-6-10-14(13)18-15/h7,11,16-17H,2-6,8-10H2,1H3. The predicted molar refractivity (Wildman–Crippen MR) is 79.3 cm³/mol. The van der Waals surface area contributed by atoms with E-state index in [1.165, 1.54) is 51.4 Å². The number of rotatable bonds is 3. The number of likely N-dealkylation sites (N-methyl/N-ethyl adjacent to an activating group) is 1. The Hall–Kier alpha value is -0.600. The molecular formula is C16H23NS. The largest absolute Gasteiger partial charge is 0.309 e. The van der Waals surface area contributed by atoms with E-state index in [-0.39, 0.29) is 0 Å². The summed E-state index contributed by atoms with van der Waals surface area (Å²) in [6.07, 6.45) is 13.2. The van der Waals surface area contributed by atoms with E-state index in [0.717, 1.165) is 0 Å². The van der Waals surface area contributed by atoms with Gasteiger partial charge in [0.1, 0.15) is 0 Å². The van der Waals surface area contributed by atoms with Gasteiger partial charge in [-0.25, -0.2) is 0 Å². The van der Waals surface area contributed by atoms with Crippen LogP contribution in [0.25, 0.3) is 0 Å². The molecule has 0 aliphatic heterocycles. The van der Waals surface area contributed by atoms with Gasteiger partial charge in [0, 0.05) is 9.75 Å². The van der Waals surface area contributed by atoms with Gasteiger partial charge in [0.2, 0.25) is 0 Å². The van der Waals surface area contributed by atoms with Crippen molar-refractivity contribution in [1.82, 2.24) is 5.32 Å². The molecule has 0 saturated carbocycles. The van der Waals surface area contributed by atoms with Crippen LogP contribution in [-0.4, -0.2) is 7.05 Å². The zero-order chi connectivity index (χ0) is 12.4. The van der Waals surface area contributed by atoms with Crippen LogP contribution in [0.5, 0.6) is 0 Å². The molecule has 1 aromatic heterocycles. The molecule has 0 fully saturated rings. The summed E-state index contributed by atoms with van der Waals surface area (Å²) < 4.78 is 0. The first-order chi connectivity index (χ1) is 8.88. The first kappa shape index (κ1) is 12.4. The molecule has 0 radical (unpaired) electrons. The maximum absolute atomic E-state index is 3.55. The maximum Gasteiger partial charge on any atom is 0.0628 e. The topological polar surface area (TPSA) is 12.0 Å². The van der Waals surface area contributed by atoms with Crippen LogP contribution in [-0.2, 0) is 12.8 Å². The van der Waals surface area contributed by atoms with Crippen molar-refractivity contribution in [2.75, 3.05) is 7.05 Å². The highest BCUT2D eigenvalue weighted by atomic mass is 32.1. The molecule has 0 bridgehead atoms. The summed E-state index contributed by atoms with van der Waals surface area (Å²) in [5, 5.41) is 3.55. The summed E-state index contributed by atoms with van der Waals surface area (Å²) >= 11 is 2.05. The lowest BCUT2D eigenvalue weighted by molar-refractivity contribution is 0.636. The quantitative estimate of drug-likeness (QED) is 0.796. The van der Waals surface area contributed by atoms with Crippen molar-refractivity contribution in [2.24, 2.45) is 0 Å². The number of hydrogen-bond acceptors (Lipinski definition) is 2. The number of thiophene rings is 1. The number of aryl methyl sites for hydroxylation is 2. The molecule has 0 aromatic carbocycles. The van der Waals surface area contributed by atoms with Gasteiger partial charge in [-0.3, -0.25) is 0 Å². The van der Waals surface area contributed by atoms with Gasteiger partial charge in [0.25, 0.3) is 0 Å². The summed E-state index contributed by atoms with van der Waals surface area (Å²) in [5.41, 5.74) is 3.26. The number of allylic oxidation sites excluding steroid dienone is 1. The van der Waals surface area contributed by atoms with Gasteiger partial charge < -0.3 is 5.32 Å². The number of hydrogen-bond donors (Lipinski definition) is 1. The van der Waals surface area contributed by atoms with Gasteiger partial charge in [-0.15, -0.1) is 11.3 Å². The minimum atomic E-state index is 0.485. The average molecular weight is 261 g/mol. The van der Waals surface area contributed by atoms with Crippen molar-refractivity contribution < 1.29 is 0 Å². The fraction of sp³-hybridized carbons (Fsp3) is 0.625. The van der Waals surface area contributed by atoms with Crippen molar-refractivity contribution in [2.45, 2.75) is 57.4 Å². The van der Waals surface area contributed by atoms with Gasteiger partial charge in [0.05, 0.1) is 6.04 Å². The minimum Gasteiger partial charge on any atom is -0.309 e. The van der Waals surface area contributed by atoms with E-state index in [2.05, 4.69) is 35.8 Å². The van der Waals surface area contributed by atoms with Crippen LogP contribution in [0.4, 0.5) is 0 Å². The highest BCUT2D eigenvalue weighted by molar-refractivity contribution is 7.12. The second-order valence-electron chi connectivity index (χ2n) is 5.55. The Morgan fingerprint density at radius 1 is 1.11 bits per heavy atom. The average Bonchev–Trinajstić information content (AvgIpc) is 2.84. The third-order valence-corrected chi connectivity index (χ3v) is 5.59. The Morgan fingerprint density at radius 3 is 2.89 bits per heavy atom. The van der Waals surface area contributed by atoms with E-state index < -0.39 is 0 Å². The molecule has 0 saturated heterocycles. The fourth-order valence-electron chi connectivity index (χ4n) is 3.31. The normalized spacial score (nSPS) is 21.3. The molecule has 3 rings (SSSR count). The zero-order valence-corrected chi connectivity index (χ0v) is 12.1. The second-order valence-corrected chi connectivity index (χ2v) is 6.72. The monoisotopic (exact) mass is 261 g/mol. The first-order valence-electron chi connectivity index (χ1n) is 7.36. The third-order valence-electron chi connectivity index (χ3n) is 4.29. The Bertz CT molecular complexity index is 422. The van der Waals surface area contributed by atoms with E-state index in [9.17, 15) is 0 Å². The molecule has 1 unspecified atom stereocenters. The number of fused-ring (bicyclic) bond motifs is 1. The molecule has 1 heterocycles. The Morgan fingerprint density at radius 2 is 2.06 bits per heavy atom. The lowest BCUT2D eigenvalue weighted by Gasteiger charge is -2.18. The summed E-state index contributed by atoms with van der Waals surface area (Å²) in [4.78, 5) is 3.20. The predicted octanol–water partition coefficient (Wildman–Crippen LogP) is 4.39. The highest BCUT2D eigenvalue weighted by Crippen LogP contribution is 2.37. The van der Waals surface area contributed by atoms with Gasteiger partial charge in [0.15, 0.2) is 0 Å². The molecule has 0 amide bonds. The van der Waals surface area contributed by atoms with Crippen LogP contribution >= 0.6 is 11.3 Å². The van der Waals surface area contributed by atoms with E-state index in [4.69, 9.17) is 0 Å². The van der Waals surface area contributed by atoms with E-state index in [0.29, 0.717) is 6.04 Å². The van der Waals surface area contributed by atoms with Crippen LogP contribution in [0.3, 0.4) is 0 Å². The van der Waals surface area contributed by atoms with E-state index >= 15 is 0 Å². The molecule has 0 spiro atoms. The molecule has 2 heteroatoms. The fourth-order valence-corrected chi connectivity index (χ4v) is 4.72. The third kappa shape index (κ3) is 2.41. The summed E-state index contributed by atoms with van der Waals surface area (Å²) in [5.74, 6) is 0. The molecule has 98 valence electrons. The van der Waals surface area contributed by atoms with Gasteiger partial charge in [-0.05, 0) is 63.6 Å². The molecule has 1 atom stereocenters. The van der Waals surface area contributed by atoms with Crippen molar-refractivity contribution in [3.63, 3.8) is 0 Å². The Kier molecular flexibility index (Phi) is 3.86. The van der Waals surface area contributed by atoms with Crippen LogP contribution in [0, 0.1) is 0 Å². The lowest BCUT2D eigenvalue weighted by atomic mass is 10.0. The van der Waals surface area contributed by atoms with Gasteiger partial charge >= 0.3 is 0 Å². The van der Waals surface area contributed by atoms with Crippen LogP contribution in [0.1, 0.15) is 59.9 Å². The maximum atomic E-state index is 3.55. The highest BCUT2D eigenvalue weighted by Gasteiger charge is 2.22. The van der Waals surface area contributed by atoms with Crippen LogP contribution in [0.2, 0.25) is 0 Å². The Labute approximate surface area is 114 Å². The van der Waals surface area contributed by atoms with Gasteiger partial charge in [-0.1, -0.05) is 18.1 Å². The van der Waals surface area contributed by atoms with E-state index in [1.54, 1.807) is 20.9 Å². The smallest absolute Gasteiger partial charge is 0.0628 e. The molecule has 2 aliphatic carbocycles.